The van der Waals surface area contributed by atoms with Gasteiger partial charge in [0.25, 0.3) is 5.91 Å². The Morgan fingerprint density at radius 2 is 1.97 bits per heavy atom. The number of guanidine groups is 1. The molecule has 2 aromatic carbocycles. The molecule has 0 atom stereocenters. The van der Waals surface area contributed by atoms with Crippen molar-refractivity contribution in [3.05, 3.63) is 64.2 Å². The molecule has 2 N–H and O–H groups in total. The first-order chi connectivity index (χ1) is 14.0. The van der Waals surface area contributed by atoms with Crippen molar-refractivity contribution in [2.75, 3.05) is 44.7 Å². The monoisotopic (exact) mass is 414 g/mol. The molecule has 1 amide bonds. The van der Waals surface area contributed by atoms with Crippen LogP contribution in [0.5, 0.6) is 0 Å². The summed E-state index contributed by atoms with van der Waals surface area (Å²) in [7, 11) is 0. The molecule has 0 unspecified atom stereocenters. The van der Waals surface area contributed by atoms with Gasteiger partial charge in [0.1, 0.15) is 0 Å². The molecule has 0 saturated carbocycles. The maximum Gasteiger partial charge on any atom is 0.257 e. The average Bonchev–Trinajstić information content (AvgIpc) is 2.70. The number of aryl methyl sites for hydroxylation is 2. The largest absolute Gasteiger partial charge is 0.379 e. The molecule has 1 heterocycles. The summed E-state index contributed by atoms with van der Waals surface area (Å²) in [5.74, 6) is 0.230. The molecule has 0 spiro atoms. The number of ether oxygens (including phenoxy) is 1. The van der Waals surface area contributed by atoms with Gasteiger partial charge >= 0.3 is 0 Å². The number of hydrogen-bond donors (Lipinski definition) is 2. The van der Waals surface area contributed by atoms with Crippen molar-refractivity contribution < 1.29 is 9.53 Å². The molecule has 29 heavy (non-hydrogen) atoms. The lowest BCUT2D eigenvalue weighted by atomic mass is 10.1. The molecular weight excluding hydrogens is 388 g/mol. The zero-order chi connectivity index (χ0) is 20.6. The highest BCUT2D eigenvalue weighted by Crippen LogP contribution is 2.19. The maximum absolute atomic E-state index is 12.7. The fourth-order valence-corrected chi connectivity index (χ4v) is 3.33. The number of amides is 1. The summed E-state index contributed by atoms with van der Waals surface area (Å²) in [6.45, 7) is 8.63. The second-order valence-corrected chi connectivity index (χ2v) is 7.53. The SMILES string of the molecule is Cc1cccc(C(=O)NC(=NCCN2CCOCC2)Nc2ccc(Cl)cc2C)c1. The summed E-state index contributed by atoms with van der Waals surface area (Å²) in [6.07, 6.45) is 0. The van der Waals surface area contributed by atoms with Crippen LogP contribution < -0.4 is 10.6 Å². The van der Waals surface area contributed by atoms with Crippen LogP contribution >= 0.6 is 11.6 Å². The van der Waals surface area contributed by atoms with Crippen LogP contribution in [-0.2, 0) is 4.74 Å². The zero-order valence-corrected chi connectivity index (χ0v) is 17.6. The van der Waals surface area contributed by atoms with E-state index in [1.54, 1.807) is 6.07 Å². The molecule has 0 aliphatic carbocycles. The van der Waals surface area contributed by atoms with Crippen LogP contribution in [0, 0.1) is 13.8 Å². The number of hydrogen-bond acceptors (Lipinski definition) is 4. The lowest BCUT2D eigenvalue weighted by Crippen LogP contribution is -2.39. The van der Waals surface area contributed by atoms with E-state index in [2.05, 4.69) is 20.5 Å². The minimum Gasteiger partial charge on any atom is -0.379 e. The number of halogens is 1. The number of aliphatic imine (C=N–C) groups is 1. The Hall–Kier alpha value is -2.41. The standard InChI is InChI=1S/C22H27ClN4O2/c1-16-4-3-5-18(14-16)21(28)26-22(24-8-9-27-10-12-29-13-11-27)25-20-7-6-19(23)15-17(20)2/h3-7,14-15H,8-13H2,1-2H3,(H2,24,25,26,28). The summed E-state index contributed by atoms with van der Waals surface area (Å²) < 4.78 is 5.38. The first-order valence-electron chi connectivity index (χ1n) is 9.77. The van der Waals surface area contributed by atoms with E-state index >= 15 is 0 Å². The van der Waals surface area contributed by atoms with E-state index in [-0.39, 0.29) is 5.91 Å². The summed E-state index contributed by atoms with van der Waals surface area (Å²) in [5.41, 5.74) is 3.46. The Morgan fingerprint density at radius 3 is 2.69 bits per heavy atom. The molecule has 0 aromatic heterocycles. The van der Waals surface area contributed by atoms with Crippen LogP contribution in [0.3, 0.4) is 0 Å². The van der Waals surface area contributed by atoms with Gasteiger partial charge in [-0.1, -0.05) is 29.3 Å². The van der Waals surface area contributed by atoms with Crippen LogP contribution in [0.15, 0.2) is 47.5 Å². The fourth-order valence-electron chi connectivity index (χ4n) is 3.10. The van der Waals surface area contributed by atoms with Gasteiger partial charge in [0.15, 0.2) is 0 Å². The molecule has 1 aliphatic rings. The first kappa shape index (κ1) is 21.3. The van der Waals surface area contributed by atoms with E-state index < -0.39 is 0 Å². The minimum absolute atomic E-state index is 0.196. The van der Waals surface area contributed by atoms with E-state index in [1.165, 1.54) is 0 Å². The highest BCUT2D eigenvalue weighted by atomic mass is 35.5. The fraction of sp³-hybridized carbons (Fsp3) is 0.364. The van der Waals surface area contributed by atoms with Gasteiger partial charge in [0, 0.05) is 35.9 Å². The van der Waals surface area contributed by atoms with Crippen LogP contribution in [0.1, 0.15) is 21.5 Å². The minimum atomic E-state index is -0.196. The molecule has 1 fully saturated rings. The smallest absolute Gasteiger partial charge is 0.257 e. The number of carbonyl (C=O) groups is 1. The maximum atomic E-state index is 12.7. The van der Waals surface area contributed by atoms with Gasteiger partial charge in [-0.05, 0) is 49.7 Å². The topological polar surface area (TPSA) is 66.0 Å². The van der Waals surface area contributed by atoms with Crippen molar-refractivity contribution in [2.45, 2.75) is 13.8 Å². The molecule has 2 aromatic rings. The van der Waals surface area contributed by atoms with Crippen LogP contribution in [-0.4, -0.2) is 56.2 Å². The van der Waals surface area contributed by atoms with Gasteiger partial charge in [-0.2, -0.15) is 0 Å². The van der Waals surface area contributed by atoms with E-state index in [1.807, 2.05) is 50.2 Å². The second-order valence-electron chi connectivity index (χ2n) is 7.09. The highest BCUT2D eigenvalue weighted by Gasteiger charge is 2.12. The predicted octanol–water partition coefficient (Wildman–Crippen LogP) is 3.49. The summed E-state index contributed by atoms with van der Waals surface area (Å²) in [4.78, 5) is 19.7. The quantitative estimate of drug-likeness (QED) is 0.580. The van der Waals surface area contributed by atoms with Crippen molar-refractivity contribution in [3.8, 4) is 0 Å². The van der Waals surface area contributed by atoms with Crippen molar-refractivity contribution >= 4 is 29.2 Å². The predicted molar refractivity (Wildman–Crippen MR) is 118 cm³/mol. The Kier molecular flexibility index (Phi) is 7.63. The van der Waals surface area contributed by atoms with Crippen molar-refractivity contribution in [3.63, 3.8) is 0 Å². The number of nitrogens with zero attached hydrogens (tertiary/aromatic N) is 2. The lowest BCUT2D eigenvalue weighted by Gasteiger charge is -2.25. The Balaban J connectivity index is 1.72. The summed E-state index contributed by atoms with van der Waals surface area (Å²) >= 11 is 6.06. The van der Waals surface area contributed by atoms with E-state index in [4.69, 9.17) is 16.3 Å². The van der Waals surface area contributed by atoms with Gasteiger partial charge in [-0.3, -0.25) is 20.0 Å². The van der Waals surface area contributed by atoms with Crippen LogP contribution in [0.2, 0.25) is 5.02 Å². The van der Waals surface area contributed by atoms with Gasteiger partial charge in [0.2, 0.25) is 5.96 Å². The molecule has 0 radical (unpaired) electrons. The number of morpholine rings is 1. The molecule has 1 saturated heterocycles. The molecule has 6 nitrogen and oxygen atoms in total. The van der Waals surface area contributed by atoms with Gasteiger partial charge in [-0.25, -0.2) is 0 Å². The van der Waals surface area contributed by atoms with Gasteiger partial charge in [0.05, 0.1) is 19.8 Å². The summed E-state index contributed by atoms with van der Waals surface area (Å²) in [5, 5.41) is 6.83. The van der Waals surface area contributed by atoms with E-state index in [0.29, 0.717) is 23.1 Å². The third kappa shape index (κ3) is 6.56. The zero-order valence-electron chi connectivity index (χ0n) is 16.9. The molecule has 0 bridgehead atoms. The molecule has 7 heteroatoms. The number of benzene rings is 2. The summed E-state index contributed by atoms with van der Waals surface area (Å²) in [6, 6.07) is 13.0. The van der Waals surface area contributed by atoms with Crippen LogP contribution in [0.25, 0.3) is 0 Å². The van der Waals surface area contributed by atoms with E-state index in [9.17, 15) is 4.79 Å². The molecule has 154 valence electrons. The Labute approximate surface area is 176 Å². The van der Waals surface area contributed by atoms with Crippen molar-refractivity contribution in [2.24, 2.45) is 4.99 Å². The molecule has 3 rings (SSSR count). The number of nitrogens with one attached hydrogen (secondary N) is 2. The number of carbonyl (C=O) groups excluding carboxylic acids is 1. The van der Waals surface area contributed by atoms with Gasteiger partial charge in [-0.15, -0.1) is 0 Å². The first-order valence-corrected chi connectivity index (χ1v) is 10.1. The number of anilines is 1. The second kappa shape index (κ2) is 10.4. The normalized spacial score (nSPS) is 15.2. The average molecular weight is 415 g/mol. The highest BCUT2D eigenvalue weighted by molar-refractivity contribution is 6.30. The van der Waals surface area contributed by atoms with Crippen molar-refractivity contribution in [1.82, 2.24) is 10.2 Å². The van der Waals surface area contributed by atoms with Gasteiger partial charge < -0.3 is 10.1 Å². The molecule has 1 aliphatic heterocycles. The van der Waals surface area contributed by atoms with Crippen molar-refractivity contribution in [1.29, 1.82) is 0 Å². The Morgan fingerprint density at radius 1 is 1.17 bits per heavy atom. The lowest BCUT2D eigenvalue weighted by molar-refractivity contribution is 0.0394. The third-order valence-corrected chi connectivity index (χ3v) is 4.98. The Bertz CT molecular complexity index is 879. The molecular formula is C22H27ClN4O2. The van der Waals surface area contributed by atoms with Crippen LogP contribution in [0.4, 0.5) is 5.69 Å². The number of rotatable bonds is 5. The third-order valence-electron chi connectivity index (χ3n) is 4.74. The van der Waals surface area contributed by atoms with E-state index in [0.717, 1.165) is 49.7 Å².